The maximum absolute atomic E-state index is 12.3. The molecule has 1 saturated carbocycles. The number of hydrogen-bond donors (Lipinski definition) is 3. The first-order chi connectivity index (χ1) is 12.4. The number of phenolic OH excluding ortho intramolecular Hbond substituents is 1. The van der Waals surface area contributed by atoms with E-state index >= 15 is 0 Å². The zero-order valence-corrected chi connectivity index (χ0v) is 14.5. The number of carbonyl (C=O) groups is 2. The quantitative estimate of drug-likeness (QED) is 0.787. The molecule has 0 unspecified atom stereocenters. The van der Waals surface area contributed by atoms with Crippen LogP contribution in [-0.4, -0.2) is 16.9 Å². The topological polar surface area (TPSA) is 102 Å². The van der Waals surface area contributed by atoms with Gasteiger partial charge in [0.15, 0.2) is 0 Å². The van der Waals surface area contributed by atoms with Gasteiger partial charge in [-0.05, 0) is 48.2 Å². The normalized spacial score (nSPS) is 20.7. The summed E-state index contributed by atoms with van der Waals surface area (Å²) in [7, 11) is 0. The molecule has 132 valence electrons. The molecule has 0 aliphatic heterocycles. The van der Waals surface area contributed by atoms with E-state index in [2.05, 4.69) is 24.5 Å². The van der Waals surface area contributed by atoms with E-state index in [0.29, 0.717) is 23.2 Å². The molecular weight excluding hydrogens is 330 g/mol. The molecule has 0 heterocycles. The van der Waals surface area contributed by atoms with Crippen molar-refractivity contribution in [3.8, 4) is 11.8 Å². The van der Waals surface area contributed by atoms with Crippen LogP contribution in [0.2, 0.25) is 0 Å². The van der Waals surface area contributed by atoms with Gasteiger partial charge in [0.05, 0.1) is 5.56 Å². The highest BCUT2D eigenvalue weighted by Crippen LogP contribution is 2.45. The summed E-state index contributed by atoms with van der Waals surface area (Å²) >= 11 is 0. The first kappa shape index (κ1) is 17.5. The maximum atomic E-state index is 12.3. The molecule has 6 heteroatoms. The second-order valence-electron chi connectivity index (χ2n) is 6.61. The Morgan fingerprint density at radius 3 is 2.27 bits per heavy atom. The van der Waals surface area contributed by atoms with Gasteiger partial charge in [-0.25, -0.2) is 0 Å². The number of phenols is 1. The number of aromatic hydroxyl groups is 1. The molecule has 3 N–H and O–H groups in total. The van der Waals surface area contributed by atoms with Gasteiger partial charge in [0.25, 0.3) is 5.91 Å². The third kappa shape index (κ3) is 3.52. The summed E-state index contributed by atoms with van der Waals surface area (Å²) < 4.78 is 0. The zero-order valence-electron chi connectivity index (χ0n) is 14.5. The lowest BCUT2D eigenvalue weighted by Gasteiger charge is -2.09. The van der Waals surface area contributed by atoms with Crippen molar-refractivity contribution in [2.45, 2.75) is 13.8 Å². The Labute approximate surface area is 151 Å². The number of anilines is 2. The van der Waals surface area contributed by atoms with Crippen LogP contribution in [0.3, 0.4) is 0 Å². The average Bonchev–Trinajstić information content (AvgIpc) is 3.21. The van der Waals surface area contributed by atoms with E-state index in [0.717, 1.165) is 0 Å². The standard InChI is InChI=1S/C20H19N3O3/c1-11-12(2)18(11)20(26)23-16-5-3-4-15(9-16)22-19(25)13-6-7-14(10-21)17(24)8-13/h3-9,11-12,18,24H,1-2H3,(H,22,25)(H,23,26)/t11-,12-/m1/s1. The van der Waals surface area contributed by atoms with E-state index < -0.39 is 5.91 Å². The predicted octanol–water partition coefficient (Wildman–Crippen LogP) is 3.36. The maximum Gasteiger partial charge on any atom is 0.255 e. The molecule has 2 amide bonds. The highest BCUT2D eigenvalue weighted by atomic mass is 16.3. The second-order valence-corrected chi connectivity index (χ2v) is 6.61. The number of nitriles is 1. The van der Waals surface area contributed by atoms with Gasteiger partial charge in [0.1, 0.15) is 11.8 Å². The van der Waals surface area contributed by atoms with E-state index in [4.69, 9.17) is 5.26 Å². The second kappa shape index (κ2) is 6.89. The van der Waals surface area contributed by atoms with E-state index in [1.54, 1.807) is 24.3 Å². The molecule has 2 aromatic carbocycles. The van der Waals surface area contributed by atoms with E-state index in [1.165, 1.54) is 18.2 Å². The summed E-state index contributed by atoms with van der Waals surface area (Å²) in [5, 5.41) is 24.1. The fraction of sp³-hybridized carbons (Fsp3) is 0.250. The predicted molar refractivity (Wildman–Crippen MR) is 97.7 cm³/mol. The SMILES string of the molecule is C[C@H]1C(C(=O)Nc2cccc(NC(=O)c3ccc(C#N)c(O)c3)c2)[C@@H]1C. The van der Waals surface area contributed by atoms with Gasteiger partial charge in [0.2, 0.25) is 5.91 Å². The van der Waals surface area contributed by atoms with Crippen LogP contribution < -0.4 is 10.6 Å². The van der Waals surface area contributed by atoms with Gasteiger partial charge in [-0.15, -0.1) is 0 Å². The summed E-state index contributed by atoms with van der Waals surface area (Å²) in [6.45, 7) is 4.11. The third-order valence-corrected chi connectivity index (χ3v) is 4.89. The molecule has 6 nitrogen and oxygen atoms in total. The van der Waals surface area contributed by atoms with Crippen LogP contribution in [-0.2, 0) is 4.79 Å². The molecule has 26 heavy (non-hydrogen) atoms. The summed E-state index contributed by atoms with van der Waals surface area (Å²) in [6, 6.07) is 12.8. The number of rotatable bonds is 4. The lowest BCUT2D eigenvalue weighted by Crippen LogP contribution is -2.16. The highest BCUT2D eigenvalue weighted by Gasteiger charge is 2.48. The largest absolute Gasteiger partial charge is 0.507 e. The molecule has 0 aromatic heterocycles. The van der Waals surface area contributed by atoms with Gasteiger partial charge in [0, 0.05) is 22.9 Å². The van der Waals surface area contributed by atoms with Crippen molar-refractivity contribution in [1.29, 1.82) is 5.26 Å². The molecule has 1 fully saturated rings. The van der Waals surface area contributed by atoms with Crippen LogP contribution >= 0.6 is 0 Å². The Morgan fingerprint density at radius 2 is 1.69 bits per heavy atom. The molecule has 0 saturated heterocycles. The Morgan fingerprint density at radius 1 is 1.04 bits per heavy atom. The van der Waals surface area contributed by atoms with Crippen LogP contribution in [0.25, 0.3) is 0 Å². The van der Waals surface area contributed by atoms with Gasteiger partial charge in [-0.2, -0.15) is 5.26 Å². The molecule has 1 aliphatic rings. The molecule has 1 aliphatic carbocycles. The smallest absolute Gasteiger partial charge is 0.255 e. The first-order valence-corrected chi connectivity index (χ1v) is 8.36. The van der Waals surface area contributed by atoms with E-state index in [9.17, 15) is 14.7 Å². The molecule has 0 radical (unpaired) electrons. The summed E-state index contributed by atoms with van der Waals surface area (Å²) in [4.78, 5) is 24.5. The molecule has 3 rings (SSSR count). The lowest BCUT2D eigenvalue weighted by atomic mass is 10.1. The van der Waals surface area contributed by atoms with Crippen molar-refractivity contribution in [3.05, 3.63) is 53.6 Å². The fourth-order valence-corrected chi connectivity index (χ4v) is 3.01. The number of nitrogens with zero attached hydrogens (tertiary/aromatic N) is 1. The molecule has 2 atom stereocenters. The van der Waals surface area contributed by atoms with Crippen molar-refractivity contribution >= 4 is 23.2 Å². The Kier molecular flexibility index (Phi) is 4.63. The zero-order chi connectivity index (χ0) is 18.8. The van der Waals surface area contributed by atoms with Gasteiger partial charge < -0.3 is 15.7 Å². The Bertz CT molecular complexity index is 909. The van der Waals surface area contributed by atoms with Crippen LogP contribution in [0.15, 0.2) is 42.5 Å². The van der Waals surface area contributed by atoms with Gasteiger partial charge >= 0.3 is 0 Å². The number of hydrogen-bond acceptors (Lipinski definition) is 4. The van der Waals surface area contributed by atoms with Gasteiger partial charge in [-0.1, -0.05) is 19.9 Å². The van der Waals surface area contributed by atoms with Crippen molar-refractivity contribution in [3.63, 3.8) is 0 Å². The lowest BCUT2D eigenvalue weighted by molar-refractivity contribution is -0.117. The van der Waals surface area contributed by atoms with Crippen molar-refractivity contribution in [2.24, 2.45) is 17.8 Å². The Hall–Kier alpha value is -3.33. The number of benzene rings is 2. The van der Waals surface area contributed by atoms with Crippen LogP contribution in [0.5, 0.6) is 5.75 Å². The molecular formula is C20H19N3O3. The highest BCUT2D eigenvalue weighted by molar-refractivity contribution is 6.05. The molecule has 0 bridgehead atoms. The van der Waals surface area contributed by atoms with Gasteiger partial charge in [-0.3, -0.25) is 9.59 Å². The van der Waals surface area contributed by atoms with Crippen LogP contribution in [0.4, 0.5) is 11.4 Å². The summed E-state index contributed by atoms with van der Waals surface area (Å²) in [6.07, 6.45) is 0. The summed E-state index contributed by atoms with van der Waals surface area (Å²) in [5.41, 5.74) is 1.47. The van der Waals surface area contributed by atoms with Crippen molar-refractivity contribution in [1.82, 2.24) is 0 Å². The monoisotopic (exact) mass is 349 g/mol. The van der Waals surface area contributed by atoms with Crippen molar-refractivity contribution in [2.75, 3.05) is 10.6 Å². The number of carbonyl (C=O) groups excluding carboxylic acids is 2. The fourth-order valence-electron chi connectivity index (χ4n) is 3.01. The minimum Gasteiger partial charge on any atom is -0.507 e. The Balaban J connectivity index is 1.68. The van der Waals surface area contributed by atoms with Crippen molar-refractivity contribution < 1.29 is 14.7 Å². The molecule has 2 aromatic rings. The van der Waals surface area contributed by atoms with E-state index in [1.807, 2.05) is 6.07 Å². The number of nitrogens with one attached hydrogen (secondary N) is 2. The average molecular weight is 349 g/mol. The first-order valence-electron chi connectivity index (χ1n) is 8.36. The van der Waals surface area contributed by atoms with Crippen LogP contribution in [0, 0.1) is 29.1 Å². The number of amides is 2. The minimum absolute atomic E-state index is 0.00880. The summed E-state index contributed by atoms with van der Waals surface area (Å²) in [5.74, 6) is 0.149. The van der Waals surface area contributed by atoms with E-state index in [-0.39, 0.29) is 28.7 Å². The molecule has 0 spiro atoms. The minimum atomic E-state index is -0.419. The third-order valence-electron chi connectivity index (χ3n) is 4.89. The van der Waals surface area contributed by atoms with Crippen LogP contribution in [0.1, 0.15) is 29.8 Å².